The van der Waals surface area contributed by atoms with Crippen molar-refractivity contribution in [3.05, 3.63) is 0 Å². The molecule has 0 spiro atoms. The summed E-state index contributed by atoms with van der Waals surface area (Å²) in [6, 6.07) is 0. The first-order valence-electron chi connectivity index (χ1n) is 12.3. The molecule has 0 bridgehead atoms. The van der Waals surface area contributed by atoms with E-state index in [1.165, 1.54) is 12.8 Å². The molecule has 202 valence electrons. The van der Waals surface area contributed by atoms with E-state index in [2.05, 4.69) is 0 Å². The predicted molar refractivity (Wildman–Crippen MR) is 118 cm³/mol. The van der Waals surface area contributed by atoms with Crippen LogP contribution in [-0.2, 0) is 18.9 Å². The average Bonchev–Trinajstić information content (AvgIpc) is 2.84. The number of rotatable bonds is 15. The second-order valence-electron chi connectivity index (χ2n) is 8.99. The Morgan fingerprint density at radius 2 is 1.12 bits per heavy atom. The number of hydrogen-bond acceptors (Lipinski definition) is 12. The highest BCUT2D eigenvalue weighted by molar-refractivity contribution is 4.94. The van der Waals surface area contributed by atoms with Crippen molar-refractivity contribution in [2.45, 2.75) is 113 Å². The number of unbranched alkanes of at least 4 members (excludes halogenated alkanes) is 7. The molecule has 0 radical (unpaired) electrons. The molecule has 0 aromatic carbocycles. The summed E-state index contributed by atoms with van der Waals surface area (Å²) in [5, 5.41) is 70.0. The van der Waals surface area contributed by atoms with Gasteiger partial charge in [-0.15, -0.1) is 0 Å². The molecule has 2 rings (SSSR count). The zero-order valence-electron chi connectivity index (χ0n) is 19.6. The fraction of sp³-hybridized carbons (Fsp3) is 1.00. The van der Waals surface area contributed by atoms with Gasteiger partial charge in [-0.2, -0.15) is 0 Å². The van der Waals surface area contributed by atoms with Crippen LogP contribution in [0.1, 0.15) is 51.4 Å². The summed E-state index contributed by atoms with van der Waals surface area (Å²) >= 11 is 0. The van der Waals surface area contributed by atoms with E-state index in [4.69, 9.17) is 24.7 Å². The van der Waals surface area contributed by atoms with Crippen LogP contribution in [0.2, 0.25) is 0 Å². The van der Waals surface area contributed by atoms with Crippen molar-refractivity contribution in [2.24, 2.45) is 5.73 Å². The van der Waals surface area contributed by atoms with Crippen molar-refractivity contribution in [1.82, 2.24) is 0 Å². The summed E-state index contributed by atoms with van der Waals surface area (Å²) < 4.78 is 22.0. The molecule has 0 aromatic rings. The summed E-state index contributed by atoms with van der Waals surface area (Å²) in [4.78, 5) is 0. The smallest absolute Gasteiger partial charge is 0.187 e. The van der Waals surface area contributed by atoms with Crippen LogP contribution >= 0.6 is 0 Å². The monoisotopic (exact) mass is 497 g/mol. The van der Waals surface area contributed by atoms with Gasteiger partial charge >= 0.3 is 0 Å². The van der Waals surface area contributed by atoms with Crippen LogP contribution < -0.4 is 5.73 Å². The van der Waals surface area contributed by atoms with Gasteiger partial charge in [0.05, 0.1) is 13.2 Å². The topological polar surface area (TPSA) is 205 Å². The Labute approximate surface area is 200 Å². The maximum Gasteiger partial charge on any atom is 0.187 e. The van der Waals surface area contributed by atoms with E-state index in [0.717, 1.165) is 45.1 Å². The Hall–Kier alpha value is -0.480. The average molecular weight is 498 g/mol. The first-order chi connectivity index (χ1) is 16.3. The largest absolute Gasteiger partial charge is 0.394 e. The van der Waals surface area contributed by atoms with Gasteiger partial charge in [-0.1, -0.05) is 38.5 Å². The molecule has 0 aliphatic carbocycles. The lowest BCUT2D eigenvalue weighted by Crippen LogP contribution is -2.64. The summed E-state index contributed by atoms with van der Waals surface area (Å²) in [5.74, 6) is 0. The zero-order valence-corrected chi connectivity index (χ0v) is 19.6. The van der Waals surface area contributed by atoms with Crippen LogP contribution in [0, 0.1) is 0 Å². The third-order valence-electron chi connectivity index (χ3n) is 6.34. The molecule has 2 aliphatic heterocycles. The van der Waals surface area contributed by atoms with E-state index in [1.54, 1.807) is 0 Å². The van der Waals surface area contributed by atoms with Crippen molar-refractivity contribution in [1.29, 1.82) is 0 Å². The maximum absolute atomic E-state index is 10.6. The molecular weight excluding hydrogens is 454 g/mol. The fourth-order valence-corrected chi connectivity index (χ4v) is 4.20. The van der Waals surface area contributed by atoms with Gasteiger partial charge < -0.3 is 60.4 Å². The van der Waals surface area contributed by atoms with Crippen LogP contribution in [0.4, 0.5) is 0 Å². The van der Waals surface area contributed by atoms with Crippen molar-refractivity contribution >= 4 is 0 Å². The Bertz CT molecular complexity index is 541. The van der Waals surface area contributed by atoms with Gasteiger partial charge in [-0.05, 0) is 19.4 Å². The van der Waals surface area contributed by atoms with Crippen LogP contribution in [0.3, 0.4) is 0 Å². The van der Waals surface area contributed by atoms with Gasteiger partial charge in [0.2, 0.25) is 0 Å². The minimum atomic E-state index is -1.70. The molecule has 0 saturated carbocycles. The van der Waals surface area contributed by atoms with Gasteiger partial charge in [-0.25, -0.2) is 0 Å². The van der Waals surface area contributed by atoms with E-state index in [0.29, 0.717) is 6.61 Å². The first kappa shape index (κ1) is 29.7. The van der Waals surface area contributed by atoms with Crippen molar-refractivity contribution in [3.8, 4) is 0 Å². The van der Waals surface area contributed by atoms with Crippen molar-refractivity contribution in [2.75, 3.05) is 26.4 Å². The lowest BCUT2D eigenvalue weighted by atomic mass is 9.97. The third-order valence-corrected chi connectivity index (χ3v) is 6.34. The summed E-state index contributed by atoms with van der Waals surface area (Å²) in [6.45, 7) is -0.197. The number of hydrogen-bond donors (Lipinski definition) is 8. The molecule has 2 saturated heterocycles. The van der Waals surface area contributed by atoms with Gasteiger partial charge in [0, 0.05) is 6.61 Å². The highest BCUT2D eigenvalue weighted by Crippen LogP contribution is 2.29. The lowest BCUT2D eigenvalue weighted by Gasteiger charge is -2.45. The minimum Gasteiger partial charge on any atom is -0.394 e. The van der Waals surface area contributed by atoms with Gasteiger partial charge in [0.1, 0.15) is 48.8 Å². The zero-order chi connectivity index (χ0) is 25.1. The molecular formula is C22H43NO11. The number of nitrogens with two attached hydrogens (primary N) is 1. The SMILES string of the molecule is NCCCCCCCCCCO[C@@H]1O[C@H](CO)C(O[C@@H]2O[C@H](CO)[C@@H](O)[C@H](O)[C@H]2O)[C@H](O)[C@H]1O. The van der Waals surface area contributed by atoms with E-state index >= 15 is 0 Å². The standard InChI is InChI=1S/C22H43NO11/c23-9-7-5-3-1-2-4-6-8-10-31-21-19(30)17(28)20(14(12-25)33-21)34-22-18(29)16(27)15(26)13(11-24)32-22/h13-22,24-30H,1-12,23H2/t13-,14-,15-,16+,17-,18-,19-,20?,21-,22+/m1/s1. The fourth-order valence-electron chi connectivity index (χ4n) is 4.20. The first-order valence-corrected chi connectivity index (χ1v) is 12.3. The van der Waals surface area contributed by atoms with Crippen LogP contribution in [-0.4, -0.2) is 124 Å². The highest BCUT2D eigenvalue weighted by Gasteiger charge is 2.50. The lowest BCUT2D eigenvalue weighted by molar-refractivity contribution is -0.359. The van der Waals surface area contributed by atoms with Gasteiger partial charge in [-0.3, -0.25) is 0 Å². The van der Waals surface area contributed by atoms with Crippen molar-refractivity contribution in [3.63, 3.8) is 0 Å². The molecule has 10 atom stereocenters. The molecule has 1 unspecified atom stereocenters. The highest BCUT2D eigenvalue weighted by atomic mass is 16.7. The normalized spacial score (nSPS) is 38.8. The summed E-state index contributed by atoms with van der Waals surface area (Å²) in [6.07, 6.45) is -5.90. The third kappa shape index (κ3) is 8.29. The second-order valence-corrected chi connectivity index (χ2v) is 8.99. The number of ether oxygens (including phenoxy) is 4. The molecule has 12 heteroatoms. The number of aliphatic hydroxyl groups is 7. The molecule has 0 amide bonds. The van der Waals surface area contributed by atoms with Crippen LogP contribution in [0.5, 0.6) is 0 Å². The van der Waals surface area contributed by atoms with Crippen molar-refractivity contribution < 1.29 is 54.7 Å². The van der Waals surface area contributed by atoms with E-state index in [-0.39, 0.29) is 0 Å². The Morgan fingerprint density at radius 3 is 1.71 bits per heavy atom. The minimum absolute atomic E-state index is 0.304. The Kier molecular flexibility index (Phi) is 13.6. The Morgan fingerprint density at radius 1 is 0.588 bits per heavy atom. The molecule has 2 aliphatic rings. The molecule has 2 heterocycles. The molecule has 34 heavy (non-hydrogen) atoms. The predicted octanol–water partition coefficient (Wildman–Crippen LogP) is -2.29. The van der Waals surface area contributed by atoms with E-state index in [9.17, 15) is 35.7 Å². The Balaban J connectivity index is 1.78. The maximum atomic E-state index is 10.6. The summed E-state index contributed by atoms with van der Waals surface area (Å²) in [7, 11) is 0. The molecule has 12 nitrogen and oxygen atoms in total. The van der Waals surface area contributed by atoms with E-state index < -0.39 is 74.6 Å². The van der Waals surface area contributed by atoms with Gasteiger partial charge in [0.25, 0.3) is 0 Å². The van der Waals surface area contributed by atoms with E-state index in [1.807, 2.05) is 0 Å². The van der Waals surface area contributed by atoms with Gasteiger partial charge in [0.15, 0.2) is 12.6 Å². The quantitative estimate of drug-likeness (QED) is 0.113. The second kappa shape index (κ2) is 15.6. The number of aliphatic hydroxyl groups excluding tert-OH is 7. The molecule has 2 fully saturated rings. The summed E-state index contributed by atoms with van der Waals surface area (Å²) in [5.41, 5.74) is 5.48. The van der Waals surface area contributed by atoms with Crippen LogP contribution in [0.25, 0.3) is 0 Å². The molecule has 0 aromatic heterocycles. The molecule has 9 N–H and O–H groups in total. The van der Waals surface area contributed by atoms with Crippen LogP contribution in [0.15, 0.2) is 0 Å².